The van der Waals surface area contributed by atoms with Crippen LogP contribution in [0.4, 0.5) is 13.2 Å². The van der Waals surface area contributed by atoms with Gasteiger partial charge in [0, 0.05) is 6.04 Å². The molecular formula is C21H30F3N3O3. The lowest BCUT2D eigenvalue weighted by molar-refractivity contribution is -0.145. The van der Waals surface area contributed by atoms with E-state index in [9.17, 15) is 23.1 Å². The Morgan fingerprint density at radius 3 is 2.43 bits per heavy atom. The molecule has 0 spiro atoms. The van der Waals surface area contributed by atoms with Gasteiger partial charge in [-0.3, -0.25) is 9.48 Å². The Morgan fingerprint density at radius 1 is 1.27 bits per heavy atom. The van der Waals surface area contributed by atoms with E-state index in [-0.39, 0.29) is 31.0 Å². The van der Waals surface area contributed by atoms with Crippen LogP contribution in [0.1, 0.15) is 68.9 Å². The highest BCUT2D eigenvalue weighted by Gasteiger charge is 2.55. The predicted molar refractivity (Wildman–Crippen MR) is 103 cm³/mol. The van der Waals surface area contributed by atoms with E-state index < -0.39 is 34.5 Å². The number of carbonyl (C=O) groups excluding carboxylic acids is 1. The van der Waals surface area contributed by atoms with Gasteiger partial charge in [0.25, 0.3) is 5.91 Å². The highest BCUT2D eigenvalue weighted by Crippen LogP contribution is 2.55. The highest BCUT2D eigenvalue weighted by molar-refractivity contribution is 5.95. The first-order chi connectivity index (χ1) is 13.8. The number of nitrogens with zero attached hydrogens (tertiary/aromatic N) is 2. The van der Waals surface area contributed by atoms with E-state index >= 15 is 0 Å². The number of aliphatic hydroxyl groups is 1. The molecule has 6 nitrogen and oxygen atoms in total. The zero-order valence-electron chi connectivity index (χ0n) is 17.6. The fourth-order valence-corrected chi connectivity index (χ4v) is 5.90. The summed E-state index contributed by atoms with van der Waals surface area (Å²) >= 11 is 0. The number of alkyl halides is 3. The Kier molecular flexibility index (Phi) is 5.20. The number of hydrogen-bond acceptors (Lipinski definition) is 4. The molecule has 4 fully saturated rings. The van der Waals surface area contributed by atoms with Gasteiger partial charge in [-0.15, -0.1) is 0 Å². The maximum Gasteiger partial charge on any atom is 0.433 e. The second kappa shape index (κ2) is 7.22. The highest BCUT2D eigenvalue weighted by atomic mass is 19.4. The third-order valence-corrected chi connectivity index (χ3v) is 6.73. The van der Waals surface area contributed by atoms with Crippen LogP contribution in [-0.4, -0.2) is 44.6 Å². The van der Waals surface area contributed by atoms with Crippen molar-refractivity contribution in [2.75, 3.05) is 6.61 Å². The minimum atomic E-state index is -4.70. The number of hydrogen-bond donors (Lipinski definition) is 2. The molecule has 2 unspecified atom stereocenters. The SMILES string of the molecule is CC(C)(C)OCCn1ncc(C(=O)NC2C3CC4CC2CC(O)(C4)C3)c1C(F)(F)F. The number of amides is 1. The average Bonchev–Trinajstić information content (AvgIpc) is 2.99. The van der Waals surface area contributed by atoms with Crippen LogP contribution in [0.2, 0.25) is 0 Å². The van der Waals surface area contributed by atoms with Gasteiger partial charge in [-0.05, 0) is 70.6 Å². The van der Waals surface area contributed by atoms with Crippen molar-refractivity contribution in [3.8, 4) is 0 Å². The summed E-state index contributed by atoms with van der Waals surface area (Å²) in [6, 6.07) is -0.192. The number of ether oxygens (including phenoxy) is 1. The van der Waals surface area contributed by atoms with Crippen LogP contribution in [-0.2, 0) is 17.5 Å². The zero-order chi connectivity index (χ0) is 21.9. The average molecular weight is 429 g/mol. The normalized spacial score (nSPS) is 33.2. The molecular weight excluding hydrogens is 399 g/mol. The first-order valence-electron chi connectivity index (χ1n) is 10.6. The summed E-state index contributed by atoms with van der Waals surface area (Å²) in [7, 11) is 0. The Morgan fingerprint density at radius 2 is 1.90 bits per heavy atom. The molecule has 4 bridgehead atoms. The quantitative estimate of drug-likeness (QED) is 0.752. The van der Waals surface area contributed by atoms with E-state index in [1.54, 1.807) is 0 Å². The molecule has 30 heavy (non-hydrogen) atoms. The summed E-state index contributed by atoms with van der Waals surface area (Å²) in [4.78, 5) is 12.9. The van der Waals surface area contributed by atoms with Crippen molar-refractivity contribution < 1.29 is 27.8 Å². The molecule has 1 heterocycles. The molecule has 168 valence electrons. The molecule has 0 radical (unpaired) electrons. The van der Waals surface area contributed by atoms with Crippen LogP contribution in [0.15, 0.2) is 6.20 Å². The Bertz CT molecular complexity index is 799. The number of aromatic nitrogens is 2. The smallest absolute Gasteiger partial charge is 0.390 e. The lowest BCUT2D eigenvalue weighted by atomic mass is 9.52. The van der Waals surface area contributed by atoms with Gasteiger partial charge in [-0.1, -0.05) is 0 Å². The molecule has 0 aromatic carbocycles. The fourth-order valence-electron chi connectivity index (χ4n) is 5.90. The van der Waals surface area contributed by atoms with Crippen LogP contribution in [0.25, 0.3) is 0 Å². The molecule has 5 rings (SSSR count). The van der Waals surface area contributed by atoms with Crippen LogP contribution in [0.3, 0.4) is 0 Å². The summed E-state index contributed by atoms with van der Waals surface area (Å²) < 4.78 is 47.6. The molecule has 0 saturated heterocycles. The standard InChI is InChI=1S/C21H30F3N3O3/c1-19(2,3)30-5-4-27-17(21(22,23)24)15(11-25-27)18(28)26-16-13-6-12-7-14(16)10-20(29,8-12)9-13/h11-14,16,29H,4-10H2,1-3H3,(H,26,28). The van der Waals surface area contributed by atoms with Crippen molar-refractivity contribution in [1.29, 1.82) is 0 Å². The van der Waals surface area contributed by atoms with Gasteiger partial charge >= 0.3 is 6.18 Å². The first-order valence-corrected chi connectivity index (χ1v) is 10.6. The van der Waals surface area contributed by atoms with Gasteiger partial charge < -0.3 is 15.2 Å². The van der Waals surface area contributed by atoms with Gasteiger partial charge in [-0.25, -0.2) is 0 Å². The largest absolute Gasteiger partial charge is 0.433 e. The summed E-state index contributed by atoms with van der Waals surface area (Å²) in [5.74, 6) is -0.0451. The number of nitrogens with one attached hydrogen (secondary N) is 1. The molecule has 4 saturated carbocycles. The molecule has 0 aliphatic heterocycles. The van der Waals surface area contributed by atoms with Gasteiger partial charge in [0.15, 0.2) is 5.69 Å². The summed E-state index contributed by atoms with van der Waals surface area (Å²) in [5.41, 5.74) is -2.63. The minimum Gasteiger partial charge on any atom is -0.390 e. The zero-order valence-corrected chi connectivity index (χ0v) is 17.6. The second-order valence-electron chi connectivity index (χ2n) is 10.3. The van der Waals surface area contributed by atoms with E-state index in [4.69, 9.17) is 4.74 Å². The number of halogens is 3. The van der Waals surface area contributed by atoms with Crippen molar-refractivity contribution in [2.45, 2.75) is 82.8 Å². The van der Waals surface area contributed by atoms with E-state index in [0.717, 1.165) is 30.1 Å². The van der Waals surface area contributed by atoms with Crippen molar-refractivity contribution in [2.24, 2.45) is 17.8 Å². The van der Waals surface area contributed by atoms with Gasteiger partial charge in [0.05, 0.1) is 36.1 Å². The minimum absolute atomic E-state index is 0.0576. The molecule has 1 amide bonds. The Balaban J connectivity index is 1.50. The summed E-state index contributed by atoms with van der Waals surface area (Å²) in [5, 5.41) is 17.4. The van der Waals surface area contributed by atoms with Gasteiger partial charge in [0.2, 0.25) is 0 Å². The number of carbonyl (C=O) groups is 1. The maximum absolute atomic E-state index is 13.8. The van der Waals surface area contributed by atoms with Crippen LogP contribution in [0, 0.1) is 17.8 Å². The van der Waals surface area contributed by atoms with E-state index in [2.05, 4.69) is 10.4 Å². The van der Waals surface area contributed by atoms with Gasteiger partial charge in [-0.2, -0.15) is 18.3 Å². The van der Waals surface area contributed by atoms with Crippen LogP contribution in [0.5, 0.6) is 0 Å². The van der Waals surface area contributed by atoms with Crippen molar-refractivity contribution in [1.82, 2.24) is 15.1 Å². The van der Waals surface area contributed by atoms with E-state index in [1.807, 2.05) is 20.8 Å². The van der Waals surface area contributed by atoms with Crippen molar-refractivity contribution >= 4 is 5.91 Å². The predicted octanol–water partition coefficient (Wildman–Crippen LogP) is 3.39. The Hall–Kier alpha value is -1.61. The molecule has 4 aliphatic carbocycles. The maximum atomic E-state index is 13.8. The lowest BCUT2D eigenvalue weighted by Crippen LogP contribution is -2.61. The molecule has 1 aromatic heterocycles. The summed E-state index contributed by atoms with van der Waals surface area (Å²) in [6.07, 6.45) is 0.158. The summed E-state index contributed by atoms with van der Waals surface area (Å²) in [6.45, 7) is 5.42. The second-order valence-corrected chi connectivity index (χ2v) is 10.3. The van der Waals surface area contributed by atoms with E-state index in [0.29, 0.717) is 18.8 Å². The van der Waals surface area contributed by atoms with Crippen LogP contribution >= 0.6 is 0 Å². The van der Waals surface area contributed by atoms with E-state index in [1.165, 1.54) is 0 Å². The van der Waals surface area contributed by atoms with Gasteiger partial charge in [0.1, 0.15) is 0 Å². The molecule has 2 N–H and O–H groups in total. The van der Waals surface area contributed by atoms with Crippen molar-refractivity contribution in [3.63, 3.8) is 0 Å². The molecule has 4 aliphatic rings. The topological polar surface area (TPSA) is 76.4 Å². The Labute approximate surface area is 174 Å². The number of rotatable bonds is 5. The van der Waals surface area contributed by atoms with Crippen LogP contribution < -0.4 is 5.32 Å². The third kappa shape index (κ3) is 4.23. The molecule has 1 aromatic rings. The lowest BCUT2D eigenvalue weighted by Gasteiger charge is -2.58. The van der Waals surface area contributed by atoms with Crippen molar-refractivity contribution in [3.05, 3.63) is 17.5 Å². The first kappa shape index (κ1) is 21.6. The molecule has 2 atom stereocenters. The fraction of sp³-hybridized carbons (Fsp3) is 0.810. The third-order valence-electron chi connectivity index (χ3n) is 6.73. The molecule has 9 heteroatoms. The monoisotopic (exact) mass is 429 g/mol.